The van der Waals surface area contributed by atoms with Crippen LogP contribution in [0.25, 0.3) is 0 Å². The second-order valence-electron chi connectivity index (χ2n) is 3.39. The maximum atomic E-state index is 3.12. The van der Waals surface area contributed by atoms with Crippen LogP contribution in [0.2, 0.25) is 0 Å². The second-order valence-corrected chi connectivity index (χ2v) is 3.39. The number of hydrogen-bond donors (Lipinski definition) is 0. The van der Waals surface area contributed by atoms with Crippen molar-refractivity contribution in [3.8, 4) is 0 Å². The fourth-order valence-electron chi connectivity index (χ4n) is 1.67. The van der Waals surface area contributed by atoms with E-state index in [0.29, 0.717) is 5.92 Å². The molecule has 0 aliphatic carbocycles. The van der Waals surface area contributed by atoms with Gasteiger partial charge in [-0.3, -0.25) is 0 Å². The van der Waals surface area contributed by atoms with Gasteiger partial charge in [-0.1, -0.05) is 27.7 Å². The first-order valence-electron chi connectivity index (χ1n) is 4.10. The van der Waals surface area contributed by atoms with E-state index in [4.69, 9.17) is 0 Å². The van der Waals surface area contributed by atoms with Crippen molar-refractivity contribution in [3.05, 3.63) is 34.9 Å². The van der Waals surface area contributed by atoms with Crippen LogP contribution >= 0.6 is 0 Å². The normalized spacial score (nSPS) is 9.75. The van der Waals surface area contributed by atoms with E-state index in [2.05, 4.69) is 45.9 Å². The molecule has 0 saturated heterocycles. The molecule has 0 radical (unpaired) electrons. The predicted molar refractivity (Wildman–Crippen MR) is 48.8 cm³/mol. The average molecular weight is 236 g/mol. The summed E-state index contributed by atoms with van der Waals surface area (Å²) in [5.41, 5.74) is 4.20. The van der Waals surface area contributed by atoms with E-state index in [-0.39, 0.29) is 32.7 Å². The predicted octanol–water partition coefficient (Wildman–Crippen LogP) is 3.22. The molecule has 60 valence electrons. The fraction of sp³-hybridized carbons (Fsp3) is 0.455. The summed E-state index contributed by atoms with van der Waals surface area (Å²) in [6, 6.07) is 7.24. The van der Waals surface area contributed by atoms with Crippen LogP contribution in [0.5, 0.6) is 0 Å². The molecular weight excluding hydrogens is 221 g/mol. The summed E-state index contributed by atoms with van der Waals surface area (Å²) < 4.78 is 0. The molecule has 0 aromatic heterocycles. The van der Waals surface area contributed by atoms with Gasteiger partial charge in [0.05, 0.1) is 0 Å². The first kappa shape index (κ1) is 12.3. The van der Waals surface area contributed by atoms with E-state index >= 15 is 0 Å². The van der Waals surface area contributed by atoms with Gasteiger partial charge < -0.3 is 0 Å². The van der Waals surface area contributed by atoms with Gasteiger partial charge in [0.2, 0.25) is 0 Å². The number of rotatable bonds is 1. The maximum Gasteiger partial charge on any atom is 3.00 e. The third-order valence-corrected chi connectivity index (χ3v) is 2.03. The Morgan fingerprint density at radius 3 is 1.75 bits per heavy atom. The van der Waals surface area contributed by atoms with E-state index in [1.54, 1.807) is 0 Å². The summed E-state index contributed by atoms with van der Waals surface area (Å²) in [4.78, 5) is 0. The van der Waals surface area contributed by atoms with E-state index in [1.165, 1.54) is 16.7 Å². The number of aryl methyl sites for hydroxylation is 2. The SMILES string of the molecule is Cc1c[c-]cc(C)c1C(C)C.[Y+3]. The zero-order chi connectivity index (χ0) is 8.43. The summed E-state index contributed by atoms with van der Waals surface area (Å²) in [7, 11) is 0. The summed E-state index contributed by atoms with van der Waals surface area (Å²) in [6.45, 7) is 8.77. The molecule has 1 heteroatoms. The van der Waals surface area contributed by atoms with Crippen LogP contribution in [-0.4, -0.2) is 0 Å². The molecule has 0 saturated carbocycles. The van der Waals surface area contributed by atoms with Crippen LogP contribution in [0.1, 0.15) is 36.5 Å². The van der Waals surface area contributed by atoms with Crippen LogP contribution in [0.4, 0.5) is 0 Å². The van der Waals surface area contributed by atoms with Crippen molar-refractivity contribution < 1.29 is 32.7 Å². The molecule has 0 spiro atoms. The van der Waals surface area contributed by atoms with Gasteiger partial charge in [0, 0.05) is 0 Å². The first-order chi connectivity index (χ1) is 5.13. The van der Waals surface area contributed by atoms with Gasteiger partial charge in [0.25, 0.3) is 0 Å². The molecule has 0 atom stereocenters. The Morgan fingerprint density at radius 2 is 1.50 bits per heavy atom. The van der Waals surface area contributed by atoms with E-state index in [0.717, 1.165) is 0 Å². The Balaban J connectivity index is 0.00000121. The van der Waals surface area contributed by atoms with Gasteiger partial charge in [0.15, 0.2) is 0 Å². The van der Waals surface area contributed by atoms with Crippen molar-refractivity contribution in [3.63, 3.8) is 0 Å². The first-order valence-corrected chi connectivity index (χ1v) is 4.10. The van der Waals surface area contributed by atoms with Gasteiger partial charge in [-0.2, -0.15) is 29.3 Å². The molecule has 0 N–H and O–H groups in total. The molecule has 0 unspecified atom stereocenters. The summed E-state index contributed by atoms with van der Waals surface area (Å²) in [5, 5.41) is 0. The van der Waals surface area contributed by atoms with Crippen LogP contribution < -0.4 is 0 Å². The fourth-order valence-corrected chi connectivity index (χ4v) is 1.67. The molecular formula is C11H15Y+2. The van der Waals surface area contributed by atoms with Crippen molar-refractivity contribution in [2.45, 2.75) is 33.6 Å². The molecule has 0 amide bonds. The van der Waals surface area contributed by atoms with Gasteiger partial charge in [-0.25, -0.2) is 0 Å². The van der Waals surface area contributed by atoms with Crippen LogP contribution in [-0.2, 0) is 32.7 Å². The third kappa shape index (κ3) is 2.67. The second kappa shape index (κ2) is 5.14. The van der Waals surface area contributed by atoms with Crippen molar-refractivity contribution in [2.24, 2.45) is 0 Å². The summed E-state index contributed by atoms with van der Waals surface area (Å²) in [6.07, 6.45) is 0. The zero-order valence-electron chi connectivity index (χ0n) is 8.31. The molecule has 0 heterocycles. The number of benzene rings is 1. The van der Waals surface area contributed by atoms with Crippen LogP contribution in [0, 0.1) is 19.9 Å². The summed E-state index contributed by atoms with van der Waals surface area (Å²) >= 11 is 0. The zero-order valence-corrected chi connectivity index (χ0v) is 11.1. The smallest absolute Gasteiger partial charge is 0.183 e. The third-order valence-electron chi connectivity index (χ3n) is 2.03. The molecule has 1 rings (SSSR count). The Kier molecular flexibility index (Phi) is 5.28. The van der Waals surface area contributed by atoms with Crippen molar-refractivity contribution in [2.75, 3.05) is 0 Å². The molecule has 0 bridgehead atoms. The summed E-state index contributed by atoms with van der Waals surface area (Å²) in [5.74, 6) is 0.629. The monoisotopic (exact) mass is 236 g/mol. The van der Waals surface area contributed by atoms with E-state index in [9.17, 15) is 0 Å². The Labute approximate surface area is 101 Å². The maximum absolute atomic E-state index is 3.12. The van der Waals surface area contributed by atoms with E-state index < -0.39 is 0 Å². The van der Waals surface area contributed by atoms with Crippen molar-refractivity contribution >= 4 is 0 Å². The van der Waals surface area contributed by atoms with Crippen molar-refractivity contribution in [1.29, 1.82) is 0 Å². The Bertz CT molecular complexity index is 231. The van der Waals surface area contributed by atoms with E-state index in [1.807, 2.05) is 0 Å². The quantitative estimate of drug-likeness (QED) is 0.657. The molecule has 1 aromatic rings. The van der Waals surface area contributed by atoms with Crippen LogP contribution in [0.3, 0.4) is 0 Å². The molecule has 0 nitrogen and oxygen atoms in total. The van der Waals surface area contributed by atoms with Gasteiger partial charge in [-0.05, 0) is 5.92 Å². The Morgan fingerprint density at radius 1 is 1.08 bits per heavy atom. The topological polar surface area (TPSA) is 0 Å². The van der Waals surface area contributed by atoms with Gasteiger partial charge in [-0.15, -0.1) is 5.56 Å². The van der Waals surface area contributed by atoms with Crippen LogP contribution in [0.15, 0.2) is 12.1 Å². The molecule has 0 aliphatic heterocycles. The minimum absolute atomic E-state index is 0. The minimum Gasteiger partial charge on any atom is -0.183 e. The number of hydrogen-bond acceptors (Lipinski definition) is 0. The standard InChI is InChI=1S/C11H15.Y/c1-8(2)11-9(3)6-5-7-10(11)4;/h6-8H,1-4H3;/q-1;+3. The average Bonchev–Trinajstić information content (AvgIpc) is 1.85. The molecule has 12 heavy (non-hydrogen) atoms. The molecule has 1 aromatic carbocycles. The minimum atomic E-state index is 0. The Hall–Kier alpha value is 0.324. The molecule has 0 fully saturated rings. The van der Waals surface area contributed by atoms with Gasteiger partial charge in [0.1, 0.15) is 0 Å². The van der Waals surface area contributed by atoms with Gasteiger partial charge >= 0.3 is 32.7 Å². The van der Waals surface area contributed by atoms with Crippen molar-refractivity contribution in [1.82, 2.24) is 0 Å². The largest absolute Gasteiger partial charge is 3.00 e. The molecule has 0 aliphatic rings.